The summed E-state index contributed by atoms with van der Waals surface area (Å²) in [6, 6.07) is 8.21. The molecule has 0 saturated heterocycles. The predicted molar refractivity (Wildman–Crippen MR) is 77.6 cm³/mol. The van der Waals surface area contributed by atoms with Crippen molar-refractivity contribution in [3.8, 4) is 0 Å². The van der Waals surface area contributed by atoms with Crippen LogP contribution in [0.15, 0.2) is 24.3 Å². The second kappa shape index (κ2) is 5.50. The molecule has 0 atom stereocenters. The van der Waals surface area contributed by atoms with Crippen molar-refractivity contribution in [3.63, 3.8) is 0 Å². The van der Waals surface area contributed by atoms with E-state index in [9.17, 15) is 0 Å². The fraction of sp³-hybridized carbons (Fsp3) is 0.500. The summed E-state index contributed by atoms with van der Waals surface area (Å²) in [6.07, 6.45) is 5.57. The van der Waals surface area contributed by atoms with Gasteiger partial charge in [0.15, 0.2) is 0 Å². The van der Waals surface area contributed by atoms with Gasteiger partial charge in [-0.15, -0.1) is 0 Å². The molecule has 0 radical (unpaired) electrons. The zero-order valence-electron chi connectivity index (χ0n) is 10.4. The lowest BCUT2D eigenvalue weighted by atomic mass is 10.1. The van der Waals surface area contributed by atoms with Crippen LogP contribution in [-0.4, -0.2) is 18.6 Å². The summed E-state index contributed by atoms with van der Waals surface area (Å²) >= 11 is 4.95. The maximum absolute atomic E-state index is 5.59. The SMILES string of the molecule is CN(CC1CCCC1)c1ccc(C(N)=S)cc1. The van der Waals surface area contributed by atoms with Crippen molar-refractivity contribution in [2.24, 2.45) is 11.7 Å². The van der Waals surface area contributed by atoms with Crippen molar-refractivity contribution in [2.75, 3.05) is 18.5 Å². The van der Waals surface area contributed by atoms with Gasteiger partial charge in [0.05, 0.1) is 0 Å². The lowest BCUT2D eigenvalue weighted by Gasteiger charge is -2.23. The minimum Gasteiger partial charge on any atom is -0.389 e. The summed E-state index contributed by atoms with van der Waals surface area (Å²) < 4.78 is 0. The highest BCUT2D eigenvalue weighted by Crippen LogP contribution is 2.26. The van der Waals surface area contributed by atoms with Crippen molar-refractivity contribution < 1.29 is 0 Å². The molecule has 0 bridgehead atoms. The van der Waals surface area contributed by atoms with Crippen LogP contribution in [0.4, 0.5) is 5.69 Å². The maximum atomic E-state index is 5.59. The van der Waals surface area contributed by atoms with E-state index in [0.717, 1.165) is 18.0 Å². The largest absolute Gasteiger partial charge is 0.389 e. The normalized spacial score (nSPS) is 16.1. The van der Waals surface area contributed by atoms with Gasteiger partial charge < -0.3 is 10.6 Å². The molecule has 0 aliphatic heterocycles. The molecule has 2 N–H and O–H groups in total. The van der Waals surface area contributed by atoms with Gasteiger partial charge in [0.1, 0.15) is 4.99 Å². The molecule has 92 valence electrons. The molecule has 1 aromatic carbocycles. The summed E-state index contributed by atoms with van der Waals surface area (Å²) in [4.78, 5) is 2.80. The van der Waals surface area contributed by atoms with Crippen LogP contribution in [-0.2, 0) is 0 Å². The highest BCUT2D eigenvalue weighted by molar-refractivity contribution is 7.80. The summed E-state index contributed by atoms with van der Waals surface area (Å²) in [7, 11) is 2.16. The van der Waals surface area contributed by atoms with Gasteiger partial charge in [0.25, 0.3) is 0 Å². The zero-order chi connectivity index (χ0) is 12.3. The Morgan fingerprint density at radius 1 is 1.29 bits per heavy atom. The van der Waals surface area contributed by atoms with Gasteiger partial charge in [-0.2, -0.15) is 0 Å². The molecule has 0 heterocycles. The van der Waals surface area contributed by atoms with E-state index in [1.807, 2.05) is 12.1 Å². The Labute approximate surface area is 109 Å². The molecule has 1 fully saturated rings. The van der Waals surface area contributed by atoms with Crippen molar-refractivity contribution in [1.29, 1.82) is 0 Å². The van der Waals surface area contributed by atoms with E-state index in [0.29, 0.717) is 4.99 Å². The standard InChI is InChI=1S/C14H20N2S/c1-16(10-11-4-2-3-5-11)13-8-6-12(7-9-13)14(15)17/h6-9,11H,2-5,10H2,1H3,(H2,15,17). The molecule has 1 aliphatic carbocycles. The molecule has 2 nitrogen and oxygen atoms in total. The average Bonchev–Trinajstić information content (AvgIpc) is 2.82. The Kier molecular flexibility index (Phi) is 4.00. The van der Waals surface area contributed by atoms with Crippen LogP contribution in [0.3, 0.4) is 0 Å². The second-order valence-electron chi connectivity index (χ2n) is 4.94. The number of rotatable bonds is 4. The third-order valence-corrected chi connectivity index (χ3v) is 3.84. The molecule has 1 saturated carbocycles. The van der Waals surface area contributed by atoms with Crippen LogP contribution in [0.25, 0.3) is 0 Å². The van der Waals surface area contributed by atoms with Crippen LogP contribution in [0.5, 0.6) is 0 Å². The Bertz CT molecular complexity index is 380. The van der Waals surface area contributed by atoms with Crippen molar-refractivity contribution in [2.45, 2.75) is 25.7 Å². The van der Waals surface area contributed by atoms with E-state index in [1.54, 1.807) is 0 Å². The van der Waals surface area contributed by atoms with Gasteiger partial charge in [-0.1, -0.05) is 25.1 Å². The van der Waals surface area contributed by atoms with E-state index in [4.69, 9.17) is 18.0 Å². The highest BCUT2D eigenvalue weighted by atomic mass is 32.1. The molecule has 0 aromatic heterocycles. The fourth-order valence-corrected chi connectivity index (χ4v) is 2.70. The van der Waals surface area contributed by atoms with Gasteiger partial charge in [-0.3, -0.25) is 0 Å². The first-order chi connectivity index (χ1) is 8.16. The Morgan fingerprint density at radius 2 is 1.88 bits per heavy atom. The minimum atomic E-state index is 0.468. The molecule has 2 rings (SSSR count). The predicted octanol–water partition coefficient (Wildman–Crippen LogP) is 2.95. The van der Waals surface area contributed by atoms with Crippen LogP contribution < -0.4 is 10.6 Å². The first kappa shape index (κ1) is 12.4. The molecule has 0 amide bonds. The van der Waals surface area contributed by atoms with Crippen molar-refractivity contribution >= 4 is 22.9 Å². The Hall–Kier alpha value is -1.09. The van der Waals surface area contributed by atoms with Crippen LogP contribution in [0, 0.1) is 5.92 Å². The monoisotopic (exact) mass is 248 g/mol. The van der Waals surface area contributed by atoms with Gasteiger partial charge in [0, 0.05) is 24.8 Å². The zero-order valence-corrected chi connectivity index (χ0v) is 11.2. The maximum Gasteiger partial charge on any atom is 0.103 e. The third kappa shape index (κ3) is 3.19. The summed E-state index contributed by atoms with van der Waals surface area (Å²) in [5.41, 5.74) is 7.78. The van der Waals surface area contributed by atoms with Crippen LogP contribution >= 0.6 is 12.2 Å². The average molecular weight is 248 g/mol. The number of thiocarbonyl (C=S) groups is 1. The fourth-order valence-electron chi connectivity index (χ4n) is 2.57. The molecule has 1 aromatic rings. The minimum absolute atomic E-state index is 0.468. The van der Waals surface area contributed by atoms with Gasteiger partial charge in [-0.25, -0.2) is 0 Å². The van der Waals surface area contributed by atoms with E-state index < -0.39 is 0 Å². The summed E-state index contributed by atoms with van der Waals surface area (Å²) in [5, 5.41) is 0. The van der Waals surface area contributed by atoms with Crippen molar-refractivity contribution in [1.82, 2.24) is 0 Å². The number of hydrogen-bond acceptors (Lipinski definition) is 2. The molecule has 3 heteroatoms. The molecule has 0 unspecified atom stereocenters. The van der Waals surface area contributed by atoms with E-state index in [1.165, 1.54) is 31.4 Å². The Morgan fingerprint density at radius 3 is 2.41 bits per heavy atom. The molecule has 1 aliphatic rings. The second-order valence-corrected chi connectivity index (χ2v) is 5.38. The van der Waals surface area contributed by atoms with Crippen molar-refractivity contribution in [3.05, 3.63) is 29.8 Å². The number of nitrogens with two attached hydrogens (primary N) is 1. The first-order valence-electron chi connectivity index (χ1n) is 6.28. The Balaban J connectivity index is 1.98. The number of hydrogen-bond donors (Lipinski definition) is 1. The smallest absolute Gasteiger partial charge is 0.103 e. The molecule has 0 spiro atoms. The van der Waals surface area contributed by atoms with Gasteiger partial charge in [-0.05, 0) is 43.0 Å². The van der Waals surface area contributed by atoms with Crippen LogP contribution in [0.2, 0.25) is 0 Å². The number of anilines is 1. The molecular weight excluding hydrogens is 228 g/mol. The third-order valence-electron chi connectivity index (χ3n) is 3.60. The van der Waals surface area contributed by atoms with E-state index in [2.05, 4.69) is 24.1 Å². The summed E-state index contributed by atoms with van der Waals surface area (Å²) in [6.45, 7) is 1.16. The first-order valence-corrected chi connectivity index (χ1v) is 6.68. The van der Waals surface area contributed by atoms with E-state index in [-0.39, 0.29) is 0 Å². The van der Waals surface area contributed by atoms with Gasteiger partial charge >= 0.3 is 0 Å². The topological polar surface area (TPSA) is 29.3 Å². The van der Waals surface area contributed by atoms with Crippen LogP contribution in [0.1, 0.15) is 31.2 Å². The number of benzene rings is 1. The quantitative estimate of drug-likeness (QED) is 0.831. The molecule has 17 heavy (non-hydrogen) atoms. The van der Waals surface area contributed by atoms with Gasteiger partial charge in [0.2, 0.25) is 0 Å². The number of nitrogens with zero attached hydrogens (tertiary/aromatic N) is 1. The van der Waals surface area contributed by atoms with E-state index >= 15 is 0 Å². The molecular formula is C14H20N2S. The summed E-state index contributed by atoms with van der Waals surface area (Å²) in [5.74, 6) is 0.871. The highest BCUT2D eigenvalue weighted by Gasteiger charge is 2.16. The lowest BCUT2D eigenvalue weighted by molar-refractivity contribution is 0.547. The lowest BCUT2D eigenvalue weighted by Crippen LogP contribution is -2.24.